The summed E-state index contributed by atoms with van der Waals surface area (Å²) in [4.78, 5) is 12.5. The molecule has 5 nitrogen and oxygen atoms in total. The molecule has 29 heavy (non-hydrogen) atoms. The van der Waals surface area contributed by atoms with Crippen LogP contribution in [0.15, 0.2) is 47.4 Å². The number of halogens is 1. The predicted molar refractivity (Wildman–Crippen MR) is 117 cm³/mol. The minimum atomic E-state index is -3.44. The van der Waals surface area contributed by atoms with Crippen LogP contribution in [0.5, 0.6) is 0 Å². The fraction of sp³-hybridized carbons (Fsp3) is 0.409. The van der Waals surface area contributed by atoms with Crippen molar-refractivity contribution in [2.75, 3.05) is 18.4 Å². The van der Waals surface area contributed by atoms with E-state index >= 15 is 0 Å². The van der Waals surface area contributed by atoms with Gasteiger partial charge in [-0.15, -0.1) is 0 Å². The molecule has 1 saturated heterocycles. The minimum absolute atomic E-state index is 0.128. The van der Waals surface area contributed by atoms with Crippen molar-refractivity contribution in [2.24, 2.45) is 0 Å². The highest BCUT2D eigenvalue weighted by Gasteiger charge is 2.24. The number of carbonyl (C=O) groups excluding carboxylic acids is 1. The molecule has 0 unspecified atom stereocenters. The first-order valence-electron chi connectivity index (χ1n) is 10.0. The Kier molecular flexibility index (Phi) is 7.33. The Morgan fingerprint density at radius 3 is 2.31 bits per heavy atom. The van der Waals surface area contributed by atoms with Crippen LogP contribution in [0.1, 0.15) is 43.2 Å². The van der Waals surface area contributed by atoms with Crippen molar-refractivity contribution in [1.29, 1.82) is 0 Å². The average molecular weight is 435 g/mol. The number of hydrogen-bond acceptors (Lipinski definition) is 3. The Hall–Kier alpha value is -1.89. The van der Waals surface area contributed by atoms with Gasteiger partial charge in [0.25, 0.3) is 0 Å². The maximum absolute atomic E-state index is 12.8. The number of rotatable bonds is 6. The third-order valence-electron chi connectivity index (χ3n) is 5.17. The highest BCUT2D eigenvalue weighted by atomic mass is 35.5. The summed E-state index contributed by atoms with van der Waals surface area (Å²) in [6, 6.07) is 12.4. The van der Waals surface area contributed by atoms with Gasteiger partial charge in [0.15, 0.2) is 0 Å². The van der Waals surface area contributed by atoms with E-state index in [1.807, 2.05) is 13.0 Å². The lowest BCUT2D eigenvalue weighted by molar-refractivity contribution is -0.116. The fourth-order valence-electron chi connectivity index (χ4n) is 3.45. The number of hydrogen-bond donors (Lipinski definition) is 1. The van der Waals surface area contributed by atoms with Gasteiger partial charge in [-0.3, -0.25) is 4.79 Å². The van der Waals surface area contributed by atoms with E-state index in [0.29, 0.717) is 41.5 Å². The molecule has 0 saturated carbocycles. The van der Waals surface area contributed by atoms with Crippen LogP contribution in [0.3, 0.4) is 0 Å². The summed E-state index contributed by atoms with van der Waals surface area (Å²) in [7, 11) is -3.44. The molecular formula is C22H27ClN2O3S. The Balaban J connectivity index is 1.58. The zero-order chi connectivity index (χ0) is 20.9. The van der Waals surface area contributed by atoms with E-state index in [1.165, 1.54) is 0 Å². The van der Waals surface area contributed by atoms with Gasteiger partial charge in [-0.05, 0) is 61.6 Å². The maximum Gasteiger partial charge on any atom is 0.243 e. The number of sulfonamides is 1. The number of amides is 1. The SMILES string of the molecule is Cc1ccc(NC(=O)CCc2ccc(S(=O)(=O)N3CCCCCC3)cc2)c(Cl)c1. The van der Waals surface area contributed by atoms with E-state index < -0.39 is 10.0 Å². The average Bonchev–Trinajstić information content (AvgIpc) is 2.99. The van der Waals surface area contributed by atoms with Crippen molar-refractivity contribution in [1.82, 2.24) is 4.31 Å². The second kappa shape index (κ2) is 9.74. The van der Waals surface area contributed by atoms with E-state index in [2.05, 4.69) is 5.32 Å². The Morgan fingerprint density at radius 2 is 1.69 bits per heavy atom. The topological polar surface area (TPSA) is 66.5 Å². The second-order valence-corrected chi connectivity index (χ2v) is 9.84. The molecule has 7 heteroatoms. The number of benzene rings is 2. The molecule has 1 amide bonds. The van der Waals surface area contributed by atoms with Crippen molar-refractivity contribution < 1.29 is 13.2 Å². The van der Waals surface area contributed by atoms with Crippen LogP contribution >= 0.6 is 11.6 Å². The van der Waals surface area contributed by atoms with E-state index in [4.69, 9.17) is 11.6 Å². The standard InChI is InChI=1S/C22H27ClN2O3S/c1-17-6-12-21(20(23)16-17)24-22(26)13-9-18-7-10-19(11-8-18)29(27,28)25-14-4-2-3-5-15-25/h6-8,10-12,16H,2-5,9,13-15H2,1H3,(H,24,26). The van der Waals surface area contributed by atoms with Gasteiger partial charge in [0.1, 0.15) is 0 Å². The maximum atomic E-state index is 12.8. The Morgan fingerprint density at radius 1 is 1.03 bits per heavy atom. The summed E-state index contributed by atoms with van der Waals surface area (Å²) < 4.78 is 27.2. The molecule has 0 aliphatic carbocycles. The van der Waals surface area contributed by atoms with Crippen LogP contribution in [0.25, 0.3) is 0 Å². The molecule has 0 aromatic heterocycles. The second-order valence-electron chi connectivity index (χ2n) is 7.49. The van der Waals surface area contributed by atoms with E-state index in [-0.39, 0.29) is 5.91 Å². The molecule has 1 fully saturated rings. The number of nitrogens with zero attached hydrogens (tertiary/aromatic N) is 1. The molecule has 0 radical (unpaired) electrons. The first-order valence-corrected chi connectivity index (χ1v) is 11.8. The lowest BCUT2D eigenvalue weighted by Crippen LogP contribution is -2.31. The van der Waals surface area contributed by atoms with E-state index in [9.17, 15) is 13.2 Å². The van der Waals surface area contributed by atoms with Gasteiger partial charge >= 0.3 is 0 Å². The van der Waals surface area contributed by atoms with Crippen LogP contribution in [0.2, 0.25) is 5.02 Å². The van der Waals surface area contributed by atoms with Crippen molar-refractivity contribution >= 4 is 33.2 Å². The molecule has 2 aromatic carbocycles. The van der Waals surface area contributed by atoms with Crippen LogP contribution in [-0.4, -0.2) is 31.7 Å². The first kappa shape index (κ1) is 21.8. The summed E-state index contributed by atoms with van der Waals surface area (Å²) in [5, 5.41) is 3.33. The Labute approximate surface area is 178 Å². The summed E-state index contributed by atoms with van der Waals surface area (Å²) >= 11 is 6.15. The Bertz CT molecular complexity index is 951. The van der Waals surface area contributed by atoms with Gasteiger partial charge in [0.05, 0.1) is 15.6 Å². The molecule has 1 aliphatic rings. The van der Waals surface area contributed by atoms with E-state index in [1.54, 1.807) is 40.7 Å². The van der Waals surface area contributed by atoms with Gasteiger partial charge in [-0.25, -0.2) is 8.42 Å². The molecular weight excluding hydrogens is 408 g/mol. The minimum Gasteiger partial charge on any atom is -0.325 e. The zero-order valence-corrected chi connectivity index (χ0v) is 18.2. The predicted octanol–water partition coefficient (Wildman–Crippen LogP) is 4.78. The quantitative estimate of drug-likeness (QED) is 0.711. The van der Waals surface area contributed by atoms with Crippen LogP contribution in [0, 0.1) is 6.92 Å². The molecule has 1 heterocycles. The van der Waals surface area contributed by atoms with Crippen molar-refractivity contribution in [3.8, 4) is 0 Å². The first-order chi connectivity index (χ1) is 13.9. The van der Waals surface area contributed by atoms with Gasteiger partial charge in [-0.2, -0.15) is 4.31 Å². The van der Waals surface area contributed by atoms with Crippen LogP contribution in [-0.2, 0) is 21.2 Å². The molecule has 156 valence electrons. The van der Waals surface area contributed by atoms with E-state index in [0.717, 1.165) is 36.8 Å². The number of anilines is 1. The third-order valence-corrected chi connectivity index (χ3v) is 7.39. The third kappa shape index (κ3) is 5.81. The number of carbonyl (C=O) groups is 1. The molecule has 1 aliphatic heterocycles. The summed E-state index contributed by atoms with van der Waals surface area (Å²) in [5.74, 6) is -0.128. The van der Waals surface area contributed by atoms with Crippen LogP contribution < -0.4 is 5.32 Å². The van der Waals surface area contributed by atoms with Gasteiger partial charge < -0.3 is 5.32 Å². The van der Waals surface area contributed by atoms with Crippen LogP contribution in [0.4, 0.5) is 5.69 Å². The monoisotopic (exact) mass is 434 g/mol. The lowest BCUT2D eigenvalue weighted by atomic mass is 10.1. The van der Waals surface area contributed by atoms with Gasteiger partial charge in [0.2, 0.25) is 15.9 Å². The fourth-order valence-corrected chi connectivity index (χ4v) is 5.25. The highest BCUT2D eigenvalue weighted by molar-refractivity contribution is 7.89. The summed E-state index contributed by atoms with van der Waals surface area (Å²) in [6.07, 6.45) is 4.82. The van der Waals surface area contributed by atoms with Gasteiger partial charge in [0, 0.05) is 19.5 Å². The van der Waals surface area contributed by atoms with Crippen molar-refractivity contribution in [3.05, 3.63) is 58.6 Å². The summed E-state index contributed by atoms with van der Waals surface area (Å²) in [5.41, 5.74) is 2.55. The summed E-state index contributed by atoms with van der Waals surface area (Å²) in [6.45, 7) is 3.12. The molecule has 1 N–H and O–H groups in total. The number of aryl methyl sites for hydroxylation is 2. The van der Waals surface area contributed by atoms with Crippen molar-refractivity contribution in [2.45, 2.75) is 50.3 Å². The molecule has 0 spiro atoms. The van der Waals surface area contributed by atoms with Gasteiger partial charge in [-0.1, -0.05) is 42.6 Å². The smallest absolute Gasteiger partial charge is 0.243 e. The molecule has 0 atom stereocenters. The molecule has 0 bridgehead atoms. The zero-order valence-electron chi connectivity index (χ0n) is 16.7. The molecule has 2 aromatic rings. The molecule has 3 rings (SSSR count). The largest absolute Gasteiger partial charge is 0.325 e. The number of nitrogens with one attached hydrogen (secondary N) is 1. The lowest BCUT2D eigenvalue weighted by Gasteiger charge is -2.20. The van der Waals surface area contributed by atoms with Crippen molar-refractivity contribution in [3.63, 3.8) is 0 Å². The normalized spacial score (nSPS) is 15.7. The highest BCUT2D eigenvalue weighted by Crippen LogP contribution is 2.23.